The number of nitrogens with zero attached hydrogens (tertiary/aromatic N) is 1. The average molecular weight is 374 g/mol. The van der Waals surface area contributed by atoms with Crippen molar-refractivity contribution in [1.82, 2.24) is 5.16 Å². The van der Waals surface area contributed by atoms with Crippen molar-refractivity contribution in [3.8, 4) is 5.88 Å². The van der Waals surface area contributed by atoms with Gasteiger partial charge in [0.05, 0.1) is 0 Å². The topological polar surface area (TPSA) is 52.3 Å². The first kappa shape index (κ1) is 14.7. The second kappa shape index (κ2) is 5.96. The van der Waals surface area contributed by atoms with E-state index in [0.717, 1.165) is 12.0 Å². The first-order chi connectivity index (χ1) is 11.2. The fourth-order valence-electron chi connectivity index (χ4n) is 3.32. The van der Waals surface area contributed by atoms with Crippen LogP contribution in [0.25, 0.3) is 0 Å². The van der Waals surface area contributed by atoms with Gasteiger partial charge in [0.1, 0.15) is 12.2 Å². The maximum Gasteiger partial charge on any atom is 0.265 e. The molecule has 23 heavy (non-hydrogen) atoms. The molecule has 0 N–H and O–H groups in total. The van der Waals surface area contributed by atoms with Crippen LogP contribution in [-0.2, 0) is 13.0 Å². The molecule has 4 rings (SSSR count). The predicted molar refractivity (Wildman–Crippen MR) is 88.8 cm³/mol. The van der Waals surface area contributed by atoms with E-state index in [1.165, 1.54) is 0 Å². The number of benzene rings is 1. The van der Waals surface area contributed by atoms with Gasteiger partial charge in [0.2, 0.25) is 0 Å². The van der Waals surface area contributed by atoms with Crippen molar-refractivity contribution >= 4 is 21.7 Å². The number of ketones is 1. The minimum Gasteiger partial charge on any atom is -0.470 e. The summed E-state index contributed by atoms with van der Waals surface area (Å²) in [6.45, 7) is 0.377. The van der Waals surface area contributed by atoms with Gasteiger partial charge in [-0.1, -0.05) is 58.4 Å². The highest BCUT2D eigenvalue weighted by atomic mass is 79.9. The number of Topliss-reactive ketones (excluding diaryl/α,β-unsaturated/α-hetero) is 1. The summed E-state index contributed by atoms with van der Waals surface area (Å²) in [5, 5.41) is 3.99. The molecule has 1 aromatic carbocycles. The molecule has 0 amide bonds. The number of hydrogen-bond acceptors (Lipinski definition) is 4. The van der Waals surface area contributed by atoms with E-state index in [1.807, 2.05) is 30.3 Å². The van der Waals surface area contributed by atoms with Crippen molar-refractivity contribution in [3.05, 3.63) is 59.4 Å². The molecule has 0 saturated carbocycles. The number of aromatic nitrogens is 1. The van der Waals surface area contributed by atoms with Crippen LogP contribution < -0.4 is 4.74 Å². The zero-order valence-electron chi connectivity index (χ0n) is 12.4. The number of carbonyl (C=O) groups excluding carboxylic acids is 1. The summed E-state index contributed by atoms with van der Waals surface area (Å²) in [6.07, 6.45) is 5.75. The Morgan fingerprint density at radius 1 is 1.26 bits per heavy atom. The highest BCUT2D eigenvalue weighted by molar-refractivity contribution is 9.09. The van der Waals surface area contributed by atoms with Crippen molar-refractivity contribution in [2.75, 3.05) is 0 Å². The molecule has 0 aliphatic heterocycles. The van der Waals surface area contributed by atoms with Gasteiger partial charge in [-0.2, -0.15) is 0 Å². The third-order valence-corrected chi connectivity index (χ3v) is 5.20. The molecule has 2 aromatic rings. The van der Waals surface area contributed by atoms with Gasteiger partial charge in [-0.05, 0) is 23.1 Å². The maximum atomic E-state index is 12.9. The van der Waals surface area contributed by atoms with Crippen LogP contribution in [-0.4, -0.2) is 15.8 Å². The smallest absolute Gasteiger partial charge is 0.265 e. The second-order valence-corrected chi connectivity index (χ2v) is 7.21. The Balaban J connectivity index is 1.58. The number of alkyl halides is 1. The summed E-state index contributed by atoms with van der Waals surface area (Å²) >= 11 is 3.58. The molecule has 0 spiro atoms. The van der Waals surface area contributed by atoms with Gasteiger partial charge < -0.3 is 9.26 Å². The Bertz CT molecular complexity index is 753. The standard InChI is InChI=1S/C18H16BrNO3/c19-13-7-6-12-8-15-16(17(21)14(12)9-13)18(20-23-15)22-10-11-4-2-1-3-5-11/h1-7,12-14H,8-10H2. The van der Waals surface area contributed by atoms with Crippen LogP contribution in [0.3, 0.4) is 0 Å². The summed E-state index contributed by atoms with van der Waals surface area (Å²) in [7, 11) is 0. The minimum absolute atomic E-state index is 0.0182. The van der Waals surface area contributed by atoms with Crippen molar-refractivity contribution in [3.63, 3.8) is 0 Å². The average Bonchev–Trinajstić information content (AvgIpc) is 2.98. The Labute approximate surface area is 142 Å². The fourth-order valence-corrected chi connectivity index (χ4v) is 3.90. The first-order valence-corrected chi connectivity index (χ1v) is 8.66. The molecular formula is C18H16BrNO3. The second-order valence-electron chi connectivity index (χ2n) is 6.04. The number of hydrogen-bond donors (Lipinski definition) is 0. The molecule has 5 heteroatoms. The molecule has 0 saturated heterocycles. The summed E-state index contributed by atoms with van der Waals surface area (Å²) in [4.78, 5) is 13.1. The maximum absolute atomic E-state index is 12.9. The van der Waals surface area contributed by atoms with E-state index >= 15 is 0 Å². The number of carbonyl (C=O) groups is 1. The highest BCUT2D eigenvalue weighted by Crippen LogP contribution is 2.41. The van der Waals surface area contributed by atoms with Crippen LogP contribution in [0.2, 0.25) is 0 Å². The van der Waals surface area contributed by atoms with Gasteiger partial charge in [0.25, 0.3) is 5.88 Å². The third-order valence-electron chi connectivity index (χ3n) is 4.52. The van der Waals surface area contributed by atoms with Crippen LogP contribution in [0.15, 0.2) is 47.0 Å². The van der Waals surface area contributed by atoms with E-state index in [1.54, 1.807) is 0 Å². The molecule has 3 atom stereocenters. The van der Waals surface area contributed by atoms with E-state index in [9.17, 15) is 4.79 Å². The first-order valence-electron chi connectivity index (χ1n) is 7.74. The van der Waals surface area contributed by atoms with E-state index in [2.05, 4.69) is 33.2 Å². The molecule has 2 aliphatic rings. The summed E-state index contributed by atoms with van der Waals surface area (Å²) in [5.74, 6) is 1.26. The number of ether oxygens (including phenoxy) is 1. The SMILES string of the molecule is O=C1c2c(OCc3ccccc3)noc2CC2C=CC(Br)CC12. The van der Waals surface area contributed by atoms with Crippen LogP contribution in [0, 0.1) is 11.8 Å². The lowest BCUT2D eigenvalue weighted by atomic mass is 9.73. The van der Waals surface area contributed by atoms with Crippen LogP contribution in [0.1, 0.15) is 28.1 Å². The van der Waals surface area contributed by atoms with Crippen molar-refractivity contribution in [2.45, 2.75) is 24.3 Å². The molecule has 2 aliphatic carbocycles. The largest absolute Gasteiger partial charge is 0.470 e. The Morgan fingerprint density at radius 3 is 2.91 bits per heavy atom. The van der Waals surface area contributed by atoms with Crippen molar-refractivity contribution < 1.29 is 14.1 Å². The van der Waals surface area contributed by atoms with Gasteiger partial charge in [0.15, 0.2) is 11.5 Å². The van der Waals surface area contributed by atoms with Crippen molar-refractivity contribution in [1.29, 1.82) is 0 Å². The Morgan fingerprint density at radius 2 is 2.09 bits per heavy atom. The molecular weight excluding hydrogens is 358 g/mol. The minimum atomic E-state index is -0.0182. The van der Waals surface area contributed by atoms with Gasteiger partial charge in [-0.3, -0.25) is 4.79 Å². The zero-order valence-corrected chi connectivity index (χ0v) is 14.0. The lowest BCUT2D eigenvalue weighted by molar-refractivity contribution is 0.0851. The molecule has 118 valence electrons. The fraction of sp³-hybridized carbons (Fsp3) is 0.333. The zero-order chi connectivity index (χ0) is 15.8. The summed E-state index contributed by atoms with van der Waals surface area (Å²) < 4.78 is 11.1. The molecule has 0 bridgehead atoms. The monoisotopic (exact) mass is 373 g/mol. The lowest BCUT2D eigenvalue weighted by Crippen LogP contribution is -2.34. The molecule has 1 heterocycles. The Kier molecular flexibility index (Phi) is 3.81. The summed E-state index contributed by atoms with van der Waals surface area (Å²) in [5.41, 5.74) is 1.57. The lowest BCUT2D eigenvalue weighted by Gasteiger charge is -2.31. The molecule has 0 radical (unpaired) electrons. The van der Waals surface area contributed by atoms with Gasteiger partial charge in [-0.25, -0.2) is 0 Å². The van der Waals surface area contributed by atoms with Crippen molar-refractivity contribution in [2.24, 2.45) is 11.8 Å². The van der Waals surface area contributed by atoms with Crippen LogP contribution in [0.4, 0.5) is 0 Å². The van der Waals surface area contributed by atoms with E-state index < -0.39 is 0 Å². The van der Waals surface area contributed by atoms with E-state index in [-0.39, 0.29) is 22.4 Å². The Hall–Kier alpha value is -1.88. The van der Waals surface area contributed by atoms with E-state index in [0.29, 0.717) is 30.2 Å². The molecule has 0 fully saturated rings. The number of rotatable bonds is 3. The number of fused-ring (bicyclic) bond motifs is 2. The quantitative estimate of drug-likeness (QED) is 0.603. The number of allylic oxidation sites excluding steroid dienone is 2. The van der Waals surface area contributed by atoms with Crippen LogP contribution in [0.5, 0.6) is 5.88 Å². The molecule has 4 nitrogen and oxygen atoms in total. The summed E-state index contributed by atoms with van der Waals surface area (Å²) in [6, 6.07) is 9.82. The molecule has 1 aromatic heterocycles. The third kappa shape index (κ3) is 2.74. The van der Waals surface area contributed by atoms with Gasteiger partial charge in [-0.15, -0.1) is 0 Å². The van der Waals surface area contributed by atoms with Gasteiger partial charge >= 0.3 is 0 Å². The number of halogens is 1. The van der Waals surface area contributed by atoms with Gasteiger partial charge in [0, 0.05) is 17.2 Å². The molecule has 3 unspecified atom stereocenters. The highest BCUT2D eigenvalue weighted by Gasteiger charge is 2.41. The van der Waals surface area contributed by atoms with Crippen LogP contribution >= 0.6 is 15.9 Å². The van der Waals surface area contributed by atoms with E-state index in [4.69, 9.17) is 9.26 Å². The predicted octanol–water partition coefficient (Wildman–Crippen LogP) is 3.95. The normalized spacial score (nSPS) is 25.8.